The lowest BCUT2D eigenvalue weighted by atomic mass is 9.95. The molecule has 7 heteroatoms. The van der Waals surface area contributed by atoms with E-state index in [1.807, 2.05) is 0 Å². The zero-order valence-corrected chi connectivity index (χ0v) is 12.3. The molecule has 2 heterocycles. The molecule has 2 aliphatic rings. The number of carboxylic acids is 1. The number of sulfone groups is 1. The van der Waals surface area contributed by atoms with Gasteiger partial charge < -0.3 is 10.0 Å². The Balaban J connectivity index is 2.00. The summed E-state index contributed by atoms with van der Waals surface area (Å²) >= 11 is 0. The van der Waals surface area contributed by atoms with Crippen molar-refractivity contribution in [2.24, 2.45) is 5.92 Å². The van der Waals surface area contributed by atoms with Crippen molar-refractivity contribution in [2.75, 3.05) is 18.1 Å². The van der Waals surface area contributed by atoms with Crippen LogP contribution in [-0.2, 0) is 19.4 Å². The number of carbonyl (C=O) groups is 2. The number of likely N-dealkylation sites (tertiary alicyclic amines) is 1. The van der Waals surface area contributed by atoms with Crippen LogP contribution in [-0.4, -0.2) is 54.4 Å². The van der Waals surface area contributed by atoms with E-state index in [-0.39, 0.29) is 29.9 Å². The third kappa shape index (κ3) is 3.71. The number of piperidine rings is 1. The number of carboxylic acid groups (broad SMARTS) is 1. The number of hydrogen-bond donors (Lipinski definition) is 1. The van der Waals surface area contributed by atoms with Crippen molar-refractivity contribution in [1.82, 2.24) is 4.90 Å². The minimum Gasteiger partial charge on any atom is -0.481 e. The van der Waals surface area contributed by atoms with Crippen molar-refractivity contribution in [3.63, 3.8) is 0 Å². The fourth-order valence-electron chi connectivity index (χ4n) is 3.11. The Morgan fingerprint density at radius 2 is 1.95 bits per heavy atom. The third-order valence-corrected chi connectivity index (χ3v) is 5.95. The fraction of sp³-hybridized carbons (Fsp3) is 0.846. The van der Waals surface area contributed by atoms with Gasteiger partial charge in [0.25, 0.3) is 0 Å². The standard InChI is InChI=1S/C13H21NO5S/c15-12(16)5-4-11-3-1-2-7-14(11)13(17)10-6-8-20(18,19)9-10/h10-11H,1-9H2,(H,15,16)/t10-,11-/m0/s1. The summed E-state index contributed by atoms with van der Waals surface area (Å²) in [6.45, 7) is 0.625. The van der Waals surface area contributed by atoms with E-state index in [1.54, 1.807) is 4.90 Å². The van der Waals surface area contributed by atoms with Gasteiger partial charge in [-0.05, 0) is 32.1 Å². The number of hydrogen-bond acceptors (Lipinski definition) is 4. The van der Waals surface area contributed by atoms with Gasteiger partial charge in [-0.15, -0.1) is 0 Å². The van der Waals surface area contributed by atoms with Gasteiger partial charge in [-0.1, -0.05) is 0 Å². The van der Waals surface area contributed by atoms with Crippen LogP contribution in [0.4, 0.5) is 0 Å². The minimum atomic E-state index is -3.06. The van der Waals surface area contributed by atoms with E-state index in [0.29, 0.717) is 19.4 Å². The summed E-state index contributed by atoms with van der Waals surface area (Å²) in [6, 6.07) is -0.0457. The van der Waals surface area contributed by atoms with Crippen LogP contribution in [0.3, 0.4) is 0 Å². The topological polar surface area (TPSA) is 91.8 Å². The van der Waals surface area contributed by atoms with E-state index in [9.17, 15) is 18.0 Å². The Labute approximate surface area is 119 Å². The summed E-state index contributed by atoms with van der Waals surface area (Å²) in [7, 11) is -3.06. The summed E-state index contributed by atoms with van der Waals surface area (Å²) in [5.41, 5.74) is 0. The molecule has 6 nitrogen and oxygen atoms in total. The van der Waals surface area contributed by atoms with E-state index in [1.165, 1.54) is 0 Å². The number of carbonyl (C=O) groups excluding carboxylic acids is 1. The van der Waals surface area contributed by atoms with Crippen molar-refractivity contribution in [3.05, 3.63) is 0 Å². The van der Waals surface area contributed by atoms with Crippen LogP contribution >= 0.6 is 0 Å². The molecule has 0 aromatic rings. The zero-order valence-electron chi connectivity index (χ0n) is 11.5. The predicted octanol–water partition coefficient (Wildman–Crippen LogP) is 0.667. The first kappa shape index (κ1) is 15.3. The molecule has 1 N–H and O–H groups in total. The van der Waals surface area contributed by atoms with Crippen molar-refractivity contribution in [1.29, 1.82) is 0 Å². The van der Waals surface area contributed by atoms with Crippen LogP contribution in [0, 0.1) is 5.92 Å². The maximum absolute atomic E-state index is 12.5. The van der Waals surface area contributed by atoms with Gasteiger partial charge in [0.15, 0.2) is 9.84 Å². The first-order valence-electron chi connectivity index (χ1n) is 7.12. The molecule has 0 radical (unpaired) electrons. The molecule has 2 rings (SSSR count). The van der Waals surface area contributed by atoms with Gasteiger partial charge in [-0.25, -0.2) is 8.42 Å². The van der Waals surface area contributed by atoms with Gasteiger partial charge in [-0.2, -0.15) is 0 Å². The number of nitrogens with zero attached hydrogens (tertiary/aromatic N) is 1. The van der Waals surface area contributed by atoms with E-state index in [0.717, 1.165) is 19.3 Å². The van der Waals surface area contributed by atoms with Crippen LogP contribution in [0.1, 0.15) is 38.5 Å². The molecule has 0 aromatic carbocycles. The number of amides is 1. The molecule has 2 saturated heterocycles. The molecule has 20 heavy (non-hydrogen) atoms. The Morgan fingerprint density at radius 1 is 1.20 bits per heavy atom. The summed E-state index contributed by atoms with van der Waals surface area (Å²) in [6.07, 6.45) is 3.64. The lowest BCUT2D eigenvalue weighted by Gasteiger charge is -2.37. The zero-order chi connectivity index (χ0) is 14.8. The van der Waals surface area contributed by atoms with Gasteiger partial charge in [0.05, 0.1) is 17.4 Å². The Morgan fingerprint density at radius 3 is 2.55 bits per heavy atom. The molecular formula is C13H21NO5S. The largest absolute Gasteiger partial charge is 0.481 e. The number of rotatable bonds is 4. The van der Waals surface area contributed by atoms with Crippen molar-refractivity contribution < 1.29 is 23.1 Å². The van der Waals surface area contributed by atoms with E-state index >= 15 is 0 Å². The smallest absolute Gasteiger partial charge is 0.303 e. The van der Waals surface area contributed by atoms with Gasteiger partial charge in [0, 0.05) is 19.0 Å². The molecule has 2 fully saturated rings. The van der Waals surface area contributed by atoms with E-state index < -0.39 is 21.7 Å². The first-order chi connectivity index (χ1) is 9.39. The summed E-state index contributed by atoms with van der Waals surface area (Å²) in [5.74, 6) is -1.33. The normalized spacial score (nSPS) is 29.3. The Bertz CT molecular complexity index is 487. The van der Waals surface area contributed by atoms with Crippen LogP contribution in [0.5, 0.6) is 0 Å². The van der Waals surface area contributed by atoms with Crippen LogP contribution in [0.25, 0.3) is 0 Å². The highest BCUT2D eigenvalue weighted by Gasteiger charge is 2.38. The lowest BCUT2D eigenvalue weighted by Crippen LogP contribution is -2.46. The molecule has 0 aromatic heterocycles. The molecule has 0 saturated carbocycles. The van der Waals surface area contributed by atoms with E-state index in [4.69, 9.17) is 5.11 Å². The van der Waals surface area contributed by atoms with E-state index in [2.05, 4.69) is 0 Å². The minimum absolute atomic E-state index is 0.0457. The van der Waals surface area contributed by atoms with Crippen LogP contribution in [0.2, 0.25) is 0 Å². The lowest BCUT2D eigenvalue weighted by molar-refractivity contribution is -0.141. The summed E-state index contributed by atoms with van der Waals surface area (Å²) < 4.78 is 23.0. The molecule has 0 aliphatic carbocycles. The van der Waals surface area contributed by atoms with Gasteiger partial charge >= 0.3 is 5.97 Å². The molecule has 0 bridgehead atoms. The molecule has 2 atom stereocenters. The molecule has 0 spiro atoms. The Kier molecular flexibility index (Phi) is 4.67. The quantitative estimate of drug-likeness (QED) is 0.824. The van der Waals surface area contributed by atoms with Crippen LogP contribution in [0.15, 0.2) is 0 Å². The molecular weight excluding hydrogens is 282 g/mol. The highest BCUT2D eigenvalue weighted by atomic mass is 32.2. The fourth-order valence-corrected chi connectivity index (χ4v) is 4.84. The monoisotopic (exact) mass is 303 g/mol. The highest BCUT2D eigenvalue weighted by molar-refractivity contribution is 7.91. The second-order valence-electron chi connectivity index (χ2n) is 5.71. The van der Waals surface area contributed by atoms with Crippen molar-refractivity contribution in [3.8, 4) is 0 Å². The first-order valence-corrected chi connectivity index (χ1v) is 8.94. The second kappa shape index (κ2) is 6.11. The average molecular weight is 303 g/mol. The van der Waals surface area contributed by atoms with Crippen molar-refractivity contribution in [2.45, 2.75) is 44.6 Å². The Hall–Kier alpha value is -1.11. The average Bonchev–Trinajstić information content (AvgIpc) is 2.76. The maximum Gasteiger partial charge on any atom is 0.303 e. The van der Waals surface area contributed by atoms with Gasteiger partial charge in [-0.3, -0.25) is 9.59 Å². The van der Waals surface area contributed by atoms with Crippen LogP contribution < -0.4 is 0 Å². The summed E-state index contributed by atoms with van der Waals surface area (Å²) in [5, 5.41) is 8.77. The second-order valence-corrected chi connectivity index (χ2v) is 7.94. The van der Waals surface area contributed by atoms with Gasteiger partial charge in [0.1, 0.15) is 0 Å². The highest BCUT2D eigenvalue weighted by Crippen LogP contribution is 2.27. The van der Waals surface area contributed by atoms with Crippen molar-refractivity contribution >= 4 is 21.7 Å². The predicted molar refractivity (Wildman–Crippen MR) is 73.0 cm³/mol. The van der Waals surface area contributed by atoms with Gasteiger partial charge in [0.2, 0.25) is 5.91 Å². The molecule has 1 amide bonds. The SMILES string of the molecule is O=C(O)CC[C@@H]1CCCCN1C(=O)[C@H]1CCS(=O)(=O)C1. The summed E-state index contributed by atoms with van der Waals surface area (Å²) in [4.78, 5) is 24.9. The third-order valence-electron chi connectivity index (χ3n) is 4.18. The number of aliphatic carboxylic acids is 1. The molecule has 0 unspecified atom stereocenters. The maximum atomic E-state index is 12.5. The molecule has 114 valence electrons. The molecule has 2 aliphatic heterocycles.